The molecule has 2 rings (SSSR count). The lowest BCUT2D eigenvalue weighted by molar-refractivity contribution is -0.272. The number of hydrogen-bond donors (Lipinski definition) is 0. The van der Waals surface area contributed by atoms with E-state index in [1.54, 1.807) is 0 Å². The standard InChI is InChI=1S/C15H19O3S2/c1-14(2,3)7-9(16)10(17)8(15(4,5)6)12-11(7)19-13(18)20-12/h16H,1-6H3/p-1. The van der Waals surface area contributed by atoms with Gasteiger partial charge in [0.15, 0.2) is 5.75 Å². The molecule has 1 heterocycles. The van der Waals surface area contributed by atoms with Crippen molar-refractivity contribution in [1.82, 2.24) is 0 Å². The highest BCUT2D eigenvalue weighted by Crippen LogP contribution is 2.50. The van der Waals surface area contributed by atoms with E-state index in [-0.39, 0.29) is 4.06 Å². The Morgan fingerprint density at radius 2 is 1.25 bits per heavy atom. The van der Waals surface area contributed by atoms with E-state index >= 15 is 0 Å². The third-order valence-electron chi connectivity index (χ3n) is 3.19. The average Bonchev–Trinajstić information content (AvgIpc) is 2.55. The van der Waals surface area contributed by atoms with E-state index in [2.05, 4.69) is 0 Å². The first kappa shape index (κ1) is 15.3. The molecule has 0 saturated heterocycles. The summed E-state index contributed by atoms with van der Waals surface area (Å²) in [7, 11) is 0. The van der Waals surface area contributed by atoms with Gasteiger partial charge in [-0.2, -0.15) is 0 Å². The fraction of sp³-hybridized carbons (Fsp3) is 0.533. The summed E-state index contributed by atoms with van der Waals surface area (Å²) in [5.41, 5.74) is 0.0619. The molecular formula is C15H18O3S2-. The van der Waals surface area contributed by atoms with Crippen LogP contribution in [0.15, 0.2) is 4.79 Å². The zero-order valence-electron chi connectivity index (χ0n) is 12.5. The van der Waals surface area contributed by atoms with Gasteiger partial charge in [0.25, 0.3) is 4.06 Å². The van der Waals surface area contributed by atoms with Crippen molar-refractivity contribution in [2.45, 2.75) is 52.4 Å². The molecule has 0 aliphatic carbocycles. The Bertz CT molecular complexity index is 665. The van der Waals surface area contributed by atoms with Gasteiger partial charge < -0.3 is 5.11 Å². The fourth-order valence-electron chi connectivity index (χ4n) is 2.40. The first-order valence-electron chi connectivity index (χ1n) is 6.43. The van der Waals surface area contributed by atoms with Gasteiger partial charge in [-0.05, 0) is 16.4 Å². The Kier molecular flexibility index (Phi) is 3.42. The Morgan fingerprint density at radius 1 is 0.850 bits per heavy atom. The van der Waals surface area contributed by atoms with Crippen LogP contribution >= 0.6 is 22.7 Å². The fourth-order valence-corrected chi connectivity index (χ4v) is 5.05. The third kappa shape index (κ3) is 2.33. The SMILES string of the molecule is CC(C)(C)c1c([O])c([O-])c(C(C)(C)C)c2sc(=O)sc12. The van der Waals surface area contributed by atoms with Gasteiger partial charge in [0.1, 0.15) is 0 Å². The van der Waals surface area contributed by atoms with Crippen LogP contribution < -0.4 is 9.16 Å². The highest BCUT2D eigenvalue weighted by molar-refractivity contribution is 7.35. The largest absolute Gasteiger partial charge is 0.870 e. The van der Waals surface area contributed by atoms with E-state index in [4.69, 9.17) is 0 Å². The van der Waals surface area contributed by atoms with Crippen molar-refractivity contribution in [2.24, 2.45) is 0 Å². The minimum absolute atomic E-state index is 0.0685. The van der Waals surface area contributed by atoms with Gasteiger partial charge in [0.2, 0.25) is 0 Å². The lowest BCUT2D eigenvalue weighted by Crippen LogP contribution is -2.18. The van der Waals surface area contributed by atoms with Crippen LogP contribution in [0.25, 0.3) is 9.40 Å². The molecule has 0 spiro atoms. The molecule has 109 valence electrons. The summed E-state index contributed by atoms with van der Waals surface area (Å²) in [6, 6.07) is 0. The minimum atomic E-state index is -0.455. The van der Waals surface area contributed by atoms with Crippen LogP contribution in [0.5, 0.6) is 11.5 Å². The highest BCUT2D eigenvalue weighted by Gasteiger charge is 2.30. The molecule has 2 aromatic rings. The van der Waals surface area contributed by atoms with E-state index in [0.29, 0.717) is 20.5 Å². The molecule has 0 amide bonds. The number of fused-ring (bicyclic) bond motifs is 1. The molecule has 0 aliphatic rings. The second-order valence-corrected chi connectivity index (χ2v) is 9.25. The Labute approximate surface area is 126 Å². The topological polar surface area (TPSA) is 60.0 Å². The number of benzene rings is 1. The molecule has 0 fully saturated rings. The van der Waals surface area contributed by atoms with Gasteiger partial charge in [-0.1, -0.05) is 70.0 Å². The van der Waals surface area contributed by atoms with E-state index in [9.17, 15) is 15.0 Å². The van der Waals surface area contributed by atoms with E-state index in [0.717, 1.165) is 22.7 Å². The second kappa shape index (κ2) is 4.46. The number of rotatable bonds is 0. The molecule has 20 heavy (non-hydrogen) atoms. The summed E-state index contributed by atoms with van der Waals surface area (Å²) in [4.78, 5) is 11.8. The van der Waals surface area contributed by atoms with E-state index < -0.39 is 22.3 Å². The van der Waals surface area contributed by atoms with Gasteiger partial charge in [-0.25, -0.2) is 0 Å². The molecule has 5 heteroatoms. The van der Waals surface area contributed by atoms with Crippen LogP contribution in [0.3, 0.4) is 0 Å². The van der Waals surface area contributed by atoms with Gasteiger partial charge in [0.05, 0.1) is 9.40 Å². The van der Waals surface area contributed by atoms with E-state index in [1.165, 1.54) is 0 Å². The van der Waals surface area contributed by atoms with Crippen molar-refractivity contribution in [2.75, 3.05) is 0 Å². The van der Waals surface area contributed by atoms with Crippen LogP contribution in [-0.2, 0) is 15.9 Å². The quantitative estimate of drug-likeness (QED) is 0.734. The minimum Gasteiger partial charge on any atom is -0.870 e. The molecule has 0 atom stereocenters. The molecule has 0 N–H and O–H groups in total. The molecular weight excluding hydrogens is 292 g/mol. The average molecular weight is 310 g/mol. The summed E-state index contributed by atoms with van der Waals surface area (Å²) < 4.78 is 1.32. The molecule has 1 aromatic carbocycles. The van der Waals surface area contributed by atoms with Crippen LogP contribution in [0.2, 0.25) is 0 Å². The summed E-state index contributed by atoms with van der Waals surface area (Å²) in [6.45, 7) is 11.4. The van der Waals surface area contributed by atoms with Crippen molar-refractivity contribution in [1.29, 1.82) is 0 Å². The molecule has 3 nitrogen and oxygen atoms in total. The molecule has 0 saturated carbocycles. The Hall–Kier alpha value is -1.07. The van der Waals surface area contributed by atoms with Crippen molar-refractivity contribution < 1.29 is 10.2 Å². The predicted octanol–water partition coefficient (Wildman–Crippen LogP) is 4.14. The Morgan fingerprint density at radius 3 is 1.65 bits per heavy atom. The maximum atomic E-state index is 12.5. The van der Waals surface area contributed by atoms with Crippen LogP contribution in [0.1, 0.15) is 52.7 Å². The molecule has 0 bridgehead atoms. The first-order chi connectivity index (χ1) is 8.94. The van der Waals surface area contributed by atoms with Crippen molar-refractivity contribution >= 4 is 32.1 Å². The summed E-state index contributed by atoms with van der Waals surface area (Å²) in [5.74, 6) is -0.909. The zero-order chi connectivity index (χ0) is 15.5. The molecule has 1 aromatic heterocycles. The van der Waals surface area contributed by atoms with Gasteiger partial charge in [0, 0.05) is 5.56 Å². The summed E-state index contributed by atoms with van der Waals surface area (Å²) in [5, 5.41) is 25.0. The normalized spacial score (nSPS) is 13.1. The number of hydrogen-bond acceptors (Lipinski definition) is 4. The Balaban J connectivity index is 3.08. The lowest BCUT2D eigenvalue weighted by Gasteiger charge is -2.30. The van der Waals surface area contributed by atoms with Crippen molar-refractivity contribution in [3.05, 3.63) is 20.0 Å². The predicted molar refractivity (Wildman–Crippen MR) is 83.0 cm³/mol. The summed E-state index contributed by atoms with van der Waals surface area (Å²) in [6.07, 6.45) is 0. The van der Waals surface area contributed by atoms with Gasteiger partial charge in [-0.3, -0.25) is 9.90 Å². The molecule has 0 aliphatic heterocycles. The van der Waals surface area contributed by atoms with Crippen LogP contribution in [0.4, 0.5) is 0 Å². The molecule has 0 unspecified atom stereocenters. The smallest absolute Gasteiger partial charge is 0.288 e. The zero-order valence-corrected chi connectivity index (χ0v) is 14.2. The summed E-state index contributed by atoms with van der Waals surface area (Å²) >= 11 is 2.17. The maximum absolute atomic E-state index is 12.5. The van der Waals surface area contributed by atoms with Crippen LogP contribution in [0, 0.1) is 0 Å². The van der Waals surface area contributed by atoms with Crippen LogP contribution in [-0.4, -0.2) is 0 Å². The van der Waals surface area contributed by atoms with Gasteiger partial charge in [-0.15, -0.1) is 0 Å². The van der Waals surface area contributed by atoms with E-state index in [1.807, 2.05) is 41.5 Å². The highest BCUT2D eigenvalue weighted by atomic mass is 32.2. The monoisotopic (exact) mass is 310 g/mol. The molecule has 1 radical (unpaired) electrons. The van der Waals surface area contributed by atoms with Crippen molar-refractivity contribution in [3.8, 4) is 11.5 Å². The maximum Gasteiger partial charge on any atom is 0.288 e. The lowest BCUT2D eigenvalue weighted by atomic mass is 9.80. The van der Waals surface area contributed by atoms with Gasteiger partial charge >= 0.3 is 0 Å². The van der Waals surface area contributed by atoms with Crippen molar-refractivity contribution in [3.63, 3.8) is 0 Å². The first-order valence-corrected chi connectivity index (χ1v) is 8.06. The third-order valence-corrected chi connectivity index (χ3v) is 5.38. The second-order valence-electron chi connectivity index (χ2n) is 7.02.